The molecule has 0 aromatic carbocycles. The highest BCUT2D eigenvalue weighted by molar-refractivity contribution is 7.19. The van der Waals surface area contributed by atoms with Crippen LogP contribution in [0, 0.1) is 5.92 Å². The Morgan fingerprint density at radius 1 is 1.36 bits per heavy atom. The predicted molar refractivity (Wildman–Crippen MR) is 128 cm³/mol. The molecule has 8 nitrogen and oxygen atoms in total. The Labute approximate surface area is 199 Å². The Bertz CT molecular complexity index is 1370. The number of hydrogen-bond acceptors (Lipinski definition) is 7. The average Bonchev–Trinajstić information content (AvgIpc) is 3.42. The molecule has 5 heterocycles. The molecular formula is C23H23ClN6O2S. The summed E-state index contributed by atoms with van der Waals surface area (Å²) in [5.74, 6) is 1.01. The van der Waals surface area contributed by atoms with Gasteiger partial charge in [0, 0.05) is 36.3 Å². The maximum atomic E-state index is 13.2. The van der Waals surface area contributed by atoms with Gasteiger partial charge in [-0.25, -0.2) is 14.5 Å². The van der Waals surface area contributed by atoms with Crippen LogP contribution in [0.1, 0.15) is 23.8 Å². The third-order valence-corrected chi connectivity index (χ3v) is 7.95. The molecule has 170 valence electrons. The SMILES string of the molecule is CC1CN(C(=O)C2CCc3c(sc4ncnc(Nc5cc6ccnn6cc5Cl)c34)C2)CCO1. The van der Waals surface area contributed by atoms with Crippen LogP contribution in [0.25, 0.3) is 15.7 Å². The fourth-order valence-corrected chi connectivity index (χ4v) is 6.32. The number of thiophene rings is 1. The molecule has 1 aliphatic carbocycles. The van der Waals surface area contributed by atoms with Gasteiger partial charge in [-0.1, -0.05) is 11.6 Å². The maximum Gasteiger partial charge on any atom is 0.226 e. The summed E-state index contributed by atoms with van der Waals surface area (Å²) in [6.45, 7) is 4.00. The molecule has 2 unspecified atom stereocenters. The van der Waals surface area contributed by atoms with Crippen LogP contribution in [0.5, 0.6) is 0 Å². The first kappa shape index (κ1) is 20.8. The van der Waals surface area contributed by atoms with Crippen molar-refractivity contribution in [2.24, 2.45) is 5.92 Å². The third kappa shape index (κ3) is 3.74. The molecule has 6 rings (SSSR count). The van der Waals surface area contributed by atoms with Gasteiger partial charge >= 0.3 is 0 Å². The van der Waals surface area contributed by atoms with E-state index in [1.807, 2.05) is 24.0 Å². The van der Waals surface area contributed by atoms with Gasteiger partial charge in [-0.3, -0.25) is 4.79 Å². The minimum absolute atomic E-state index is 0.0129. The standard InChI is InChI=1S/C23H23ClN6O2S/c1-13-10-29(6-7-32-13)23(31)14-2-3-16-19(8-14)33-22-20(16)21(25-12-26-22)28-18-9-15-4-5-27-30(15)11-17(18)24/h4-5,9,11-14H,2-3,6-8,10H2,1H3,(H,25,26,28). The van der Waals surface area contributed by atoms with Crippen LogP contribution in [0.4, 0.5) is 11.5 Å². The number of nitrogens with one attached hydrogen (secondary N) is 1. The fourth-order valence-electron chi connectivity index (χ4n) is 4.86. The summed E-state index contributed by atoms with van der Waals surface area (Å²) in [4.78, 5) is 26.4. The quantitative estimate of drug-likeness (QED) is 0.473. The first-order valence-electron chi connectivity index (χ1n) is 11.1. The van der Waals surface area contributed by atoms with Crippen molar-refractivity contribution in [3.05, 3.63) is 46.3 Å². The maximum absolute atomic E-state index is 13.2. The highest BCUT2D eigenvalue weighted by Crippen LogP contribution is 2.41. The van der Waals surface area contributed by atoms with Gasteiger partial charge in [0.05, 0.1) is 34.3 Å². The van der Waals surface area contributed by atoms with Crippen molar-refractivity contribution in [1.82, 2.24) is 24.5 Å². The summed E-state index contributed by atoms with van der Waals surface area (Å²) in [7, 11) is 0. The molecule has 0 bridgehead atoms. The lowest BCUT2D eigenvalue weighted by Crippen LogP contribution is -2.47. The first-order chi connectivity index (χ1) is 16.1. The summed E-state index contributed by atoms with van der Waals surface area (Å²) in [5, 5.41) is 9.24. The normalized spacial score (nSPS) is 20.8. The van der Waals surface area contributed by atoms with Crippen molar-refractivity contribution < 1.29 is 9.53 Å². The number of amides is 1. The van der Waals surface area contributed by atoms with Crippen molar-refractivity contribution in [2.75, 3.05) is 25.0 Å². The average molecular weight is 483 g/mol. The molecule has 4 aromatic rings. The van der Waals surface area contributed by atoms with Crippen molar-refractivity contribution in [3.63, 3.8) is 0 Å². The second kappa shape index (κ2) is 8.23. The predicted octanol–water partition coefficient (Wildman–Crippen LogP) is 4.09. The molecular weight excluding hydrogens is 460 g/mol. The molecule has 1 fully saturated rings. The minimum Gasteiger partial charge on any atom is -0.375 e. The highest BCUT2D eigenvalue weighted by Gasteiger charge is 2.33. The van der Waals surface area contributed by atoms with Crippen molar-refractivity contribution >= 4 is 56.1 Å². The summed E-state index contributed by atoms with van der Waals surface area (Å²) < 4.78 is 7.34. The summed E-state index contributed by atoms with van der Waals surface area (Å²) >= 11 is 8.17. The molecule has 33 heavy (non-hydrogen) atoms. The summed E-state index contributed by atoms with van der Waals surface area (Å²) in [6.07, 6.45) is 7.62. The number of carbonyl (C=O) groups excluding carboxylic acids is 1. The van der Waals surface area contributed by atoms with Gasteiger partial charge in [0.2, 0.25) is 5.91 Å². The second-order valence-electron chi connectivity index (χ2n) is 8.67. The number of rotatable bonds is 3. The molecule has 2 aliphatic rings. The van der Waals surface area contributed by atoms with E-state index >= 15 is 0 Å². The van der Waals surface area contributed by atoms with E-state index in [2.05, 4.69) is 20.4 Å². The number of pyridine rings is 1. The van der Waals surface area contributed by atoms with Crippen molar-refractivity contribution in [1.29, 1.82) is 0 Å². The number of ether oxygens (including phenoxy) is 1. The van der Waals surface area contributed by atoms with E-state index < -0.39 is 0 Å². The van der Waals surface area contributed by atoms with Crippen molar-refractivity contribution in [2.45, 2.75) is 32.3 Å². The largest absolute Gasteiger partial charge is 0.375 e. The zero-order valence-electron chi connectivity index (χ0n) is 18.1. The Hall–Kier alpha value is -2.75. The molecule has 10 heteroatoms. The van der Waals surface area contributed by atoms with Crippen LogP contribution in [0.15, 0.2) is 30.9 Å². The number of fused-ring (bicyclic) bond motifs is 4. The van der Waals surface area contributed by atoms with Gasteiger partial charge in [-0.15, -0.1) is 11.3 Å². The van der Waals surface area contributed by atoms with E-state index in [0.29, 0.717) is 24.7 Å². The smallest absolute Gasteiger partial charge is 0.226 e. The Morgan fingerprint density at radius 3 is 3.15 bits per heavy atom. The van der Waals surface area contributed by atoms with E-state index in [9.17, 15) is 4.79 Å². The Kier molecular flexibility index (Phi) is 5.20. The zero-order valence-corrected chi connectivity index (χ0v) is 19.7. The Morgan fingerprint density at radius 2 is 2.27 bits per heavy atom. The van der Waals surface area contributed by atoms with Gasteiger partial charge in [0.15, 0.2) is 0 Å². The van der Waals surface area contributed by atoms with Crippen LogP contribution in [0.2, 0.25) is 5.02 Å². The van der Waals surface area contributed by atoms with Crippen molar-refractivity contribution in [3.8, 4) is 0 Å². The number of carbonyl (C=O) groups is 1. The molecule has 0 spiro atoms. The third-order valence-electron chi connectivity index (χ3n) is 6.49. The lowest BCUT2D eigenvalue weighted by Gasteiger charge is -2.34. The summed E-state index contributed by atoms with van der Waals surface area (Å²) in [5.41, 5.74) is 2.97. The van der Waals surface area contributed by atoms with Gasteiger partial charge in [0.25, 0.3) is 0 Å². The number of morpholine rings is 1. The monoisotopic (exact) mass is 482 g/mol. The number of aromatic nitrogens is 4. The van der Waals surface area contributed by atoms with Gasteiger partial charge < -0.3 is 15.0 Å². The molecule has 1 saturated heterocycles. The van der Waals surface area contributed by atoms with Gasteiger partial charge in [-0.2, -0.15) is 5.10 Å². The first-order valence-corrected chi connectivity index (χ1v) is 12.3. The second-order valence-corrected chi connectivity index (χ2v) is 10.2. The van der Waals surface area contributed by atoms with E-state index in [0.717, 1.165) is 46.5 Å². The Balaban J connectivity index is 1.30. The fraction of sp³-hybridized carbons (Fsp3) is 0.391. The lowest BCUT2D eigenvalue weighted by atomic mass is 9.86. The lowest BCUT2D eigenvalue weighted by molar-refractivity contribution is -0.142. The van der Waals surface area contributed by atoms with E-state index in [-0.39, 0.29) is 17.9 Å². The molecule has 1 amide bonds. The van der Waals surface area contributed by atoms with Crippen LogP contribution in [-0.2, 0) is 22.4 Å². The van der Waals surface area contributed by atoms with E-state index in [1.54, 1.807) is 34.6 Å². The molecule has 1 N–H and O–H groups in total. The van der Waals surface area contributed by atoms with Crippen LogP contribution in [0.3, 0.4) is 0 Å². The van der Waals surface area contributed by atoms with E-state index in [1.165, 1.54) is 10.4 Å². The molecule has 2 atom stereocenters. The number of hydrogen-bond donors (Lipinski definition) is 1. The molecule has 0 saturated carbocycles. The van der Waals surface area contributed by atoms with Gasteiger partial charge in [-0.05, 0) is 43.9 Å². The topological polar surface area (TPSA) is 84.7 Å². The minimum atomic E-state index is 0.0129. The van der Waals surface area contributed by atoms with Crippen LogP contribution >= 0.6 is 22.9 Å². The number of nitrogens with zero attached hydrogens (tertiary/aromatic N) is 5. The number of halogens is 1. The molecule has 1 aliphatic heterocycles. The van der Waals surface area contributed by atoms with Crippen LogP contribution < -0.4 is 5.32 Å². The van der Waals surface area contributed by atoms with Crippen LogP contribution in [-0.4, -0.2) is 56.2 Å². The zero-order chi connectivity index (χ0) is 22.5. The van der Waals surface area contributed by atoms with Gasteiger partial charge in [0.1, 0.15) is 17.0 Å². The number of anilines is 2. The number of aryl methyl sites for hydroxylation is 1. The highest BCUT2D eigenvalue weighted by atomic mass is 35.5. The molecule has 0 radical (unpaired) electrons. The summed E-state index contributed by atoms with van der Waals surface area (Å²) in [6, 6.07) is 3.88. The molecule has 4 aromatic heterocycles. The van der Waals surface area contributed by atoms with E-state index in [4.69, 9.17) is 16.3 Å².